The van der Waals surface area contributed by atoms with E-state index in [0.29, 0.717) is 18.1 Å². The number of aromatic nitrogens is 2. The summed E-state index contributed by atoms with van der Waals surface area (Å²) in [6.45, 7) is 1.74. The van der Waals surface area contributed by atoms with Crippen molar-refractivity contribution in [2.24, 2.45) is 5.92 Å². The van der Waals surface area contributed by atoms with E-state index in [2.05, 4.69) is 21.0 Å². The minimum absolute atomic E-state index is 0.125. The number of carboxylic acids is 1. The molecule has 1 saturated heterocycles. The van der Waals surface area contributed by atoms with E-state index in [-0.39, 0.29) is 12.0 Å². The van der Waals surface area contributed by atoms with Crippen LogP contribution in [0.2, 0.25) is 0 Å². The Morgan fingerprint density at radius 1 is 1.33 bits per heavy atom. The summed E-state index contributed by atoms with van der Waals surface area (Å²) in [4.78, 5) is 15.6. The molecular weight excluding hydrogens is 272 g/mol. The van der Waals surface area contributed by atoms with E-state index in [1.54, 1.807) is 6.92 Å². The minimum atomic E-state index is -0.901. The normalized spacial score (nSPS) is 25.1. The van der Waals surface area contributed by atoms with Crippen LogP contribution in [0.25, 0.3) is 0 Å². The van der Waals surface area contributed by atoms with Crippen molar-refractivity contribution in [3.8, 4) is 0 Å². The second kappa shape index (κ2) is 5.63. The van der Waals surface area contributed by atoms with E-state index in [1.165, 1.54) is 0 Å². The van der Waals surface area contributed by atoms with Crippen LogP contribution in [0.15, 0.2) is 34.9 Å². The molecule has 7 nitrogen and oxygen atoms in total. The van der Waals surface area contributed by atoms with Crippen LogP contribution in [0, 0.1) is 12.8 Å². The Balaban J connectivity index is 1.87. The second-order valence-electron chi connectivity index (χ2n) is 5.10. The quantitative estimate of drug-likeness (QED) is 0.766. The van der Waals surface area contributed by atoms with Crippen LogP contribution >= 0.6 is 0 Å². The van der Waals surface area contributed by atoms with Gasteiger partial charge in [0.25, 0.3) is 0 Å². The summed E-state index contributed by atoms with van der Waals surface area (Å²) in [5.41, 5.74) is 6.93. The molecule has 7 heteroatoms. The average molecular weight is 288 g/mol. The molecule has 3 atom stereocenters. The first-order valence-corrected chi connectivity index (χ1v) is 6.73. The molecule has 3 N–H and O–H groups in total. The van der Waals surface area contributed by atoms with Crippen LogP contribution in [0.4, 0.5) is 0 Å². The number of carboxylic acid groups (broad SMARTS) is 1. The first kappa shape index (κ1) is 13.7. The predicted molar refractivity (Wildman–Crippen MR) is 73.1 cm³/mol. The van der Waals surface area contributed by atoms with Crippen molar-refractivity contribution in [3.05, 3.63) is 47.6 Å². The Hall–Kier alpha value is -2.25. The van der Waals surface area contributed by atoms with Crippen LogP contribution in [-0.4, -0.2) is 27.3 Å². The maximum atomic E-state index is 11.4. The molecule has 0 bridgehead atoms. The van der Waals surface area contributed by atoms with Crippen molar-refractivity contribution >= 4 is 5.97 Å². The first-order chi connectivity index (χ1) is 10.1. The molecule has 0 amide bonds. The van der Waals surface area contributed by atoms with E-state index in [9.17, 15) is 9.90 Å². The number of nitrogens with zero attached hydrogens (tertiary/aromatic N) is 2. The third kappa shape index (κ3) is 2.79. The van der Waals surface area contributed by atoms with Crippen molar-refractivity contribution in [1.82, 2.24) is 21.0 Å². The zero-order valence-electron chi connectivity index (χ0n) is 11.5. The number of benzene rings is 1. The Kier molecular flexibility index (Phi) is 3.68. The van der Waals surface area contributed by atoms with Gasteiger partial charge in [-0.3, -0.25) is 4.79 Å². The molecule has 110 valence electrons. The number of hydrogen-bond donors (Lipinski definition) is 3. The highest BCUT2D eigenvalue weighted by molar-refractivity contribution is 5.74. The van der Waals surface area contributed by atoms with Crippen LogP contribution in [0.1, 0.15) is 23.3 Å². The van der Waals surface area contributed by atoms with Gasteiger partial charge >= 0.3 is 5.97 Å². The maximum absolute atomic E-state index is 11.4. The van der Waals surface area contributed by atoms with Crippen molar-refractivity contribution in [2.45, 2.75) is 25.4 Å². The van der Waals surface area contributed by atoms with Crippen LogP contribution in [0.5, 0.6) is 0 Å². The molecule has 0 spiro atoms. The zero-order chi connectivity index (χ0) is 14.8. The molecule has 2 heterocycles. The highest BCUT2D eigenvalue weighted by atomic mass is 16.5. The van der Waals surface area contributed by atoms with E-state index < -0.39 is 12.0 Å². The SMILES string of the molecule is Cc1noc(CC2C(C(=O)O)NNC2c2ccccc2)n1. The number of hydrogen-bond acceptors (Lipinski definition) is 6. The molecule has 1 aliphatic heterocycles. The number of aliphatic carboxylic acids is 1. The van der Waals surface area contributed by atoms with E-state index in [0.717, 1.165) is 5.56 Å². The Morgan fingerprint density at radius 3 is 2.71 bits per heavy atom. The second-order valence-corrected chi connectivity index (χ2v) is 5.10. The summed E-state index contributed by atoms with van der Waals surface area (Å²) >= 11 is 0. The monoisotopic (exact) mass is 288 g/mol. The Bertz CT molecular complexity index is 628. The summed E-state index contributed by atoms with van der Waals surface area (Å²) in [5, 5.41) is 13.1. The highest BCUT2D eigenvalue weighted by Crippen LogP contribution is 2.31. The van der Waals surface area contributed by atoms with Gasteiger partial charge in [-0.15, -0.1) is 0 Å². The van der Waals surface area contributed by atoms with E-state index in [1.807, 2.05) is 30.3 Å². The van der Waals surface area contributed by atoms with Gasteiger partial charge in [0, 0.05) is 12.3 Å². The van der Waals surface area contributed by atoms with Gasteiger partial charge in [-0.2, -0.15) is 4.98 Å². The molecule has 1 aliphatic rings. The Morgan fingerprint density at radius 2 is 2.10 bits per heavy atom. The molecular formula is C14H16N4O3. The molecule has 0 saturated carbocycles. The van der Waals surface area contributed by atoms with Crippen LogP contribution < -0.4 is 10.9 Å². The number of hydrazine groups is 1. The lowest BCUT2D eigenvalue weighted by atomic mass is 9.87. The third-order valence-corrected chi connectivity index (χ3v) is 3.66. The molecule has 3 rings (SSSR count). The number of aryl methyl sites for hydroxylation is 1. The summed E-state index contributed by atoms with van der Waals surface area (Å²) in [6.07, 6.45) is 0.400. The summed E-state index contributed by atoms with van der Waals surface area (Å²) in [5.74, 6) is -0.117. The predicted octanol–water partition coefficient (Wildman–Crippen LogP) is 0.839. The van der Waals surface area contributed by atoms with Gasteiger partial charge in [-0.1, -0.05) is 35.5 Å². The fourth-order valence-corrected chi connectivity index (χ4v) is 2.68. The van der Waals surface area contributed by atoms with Gasteiger partial charge < -0.3 is 9.63 Å². The molecule has 1 aromatic carbocycles. The van der Waals surface area contributed by atoms with E-state index >= 15 is 0 Å². The molecule has 3 unspecified atom stereocenters. The molecule has 1 aromatic heterocycles. The maximum Gasteiger partial charge on any atom is 0.322 e. The lowest BCUT2D eigenvalue weighted by Gasteiger charge is -2.19. The molecule has 2 aromatic rings. The average Bonchev–Trinajstić information content (AvgIpc) is 3.07. The van der Waals surface area contributed by atoms with Gasteiger partial charge in [0.1, 0.15) is 6.04 Å². The van der Waals surface area contributed by atoms with Crippen molar-refractivity contribution in [1.29, 1.82) is 0 Å². The smallest absolute Gasteiger partial charge is 0.322 e. The van der Waals surface area contributed by atoms with Crippen molar-refractivity contribution < 1.29 is 14.4 Å². The largest absolute Gasteiger partial charge is 0.480 e. The zero-order valence-corrected chi connectivity index (χ0v) is 11.5. The summed E-state index contributed by atoms with van der Waals surface area (Å²) in [6, 6.07) is 8.89. The van der Waals surface area contributed by atoms with Gasteiger partial charge in [0.2, 0.25) is 5.89 Å². The van der Waals surface area contributed by atoms with Gasteiger partial charge in [0.15, 0.2) is 5.82 Å². The summed E-state index contributed by atoms with van der Waals surface area (Å²) < 4.78 is 5.13. The Labute approximate surface area is 121 Å². The first-order valence-electron chi connectivity index (χ1n) is 6.73. The number of nitrogens with one attached hydrogen (secondary N) is 2. The molecule has 0 aliphatic carbocycles. The van der Waals surface area contributed by atoms with Crippen LogP contribution in [-0.2, 0) is 11.2 Å². The van der Waals surface area contributed by atoms with Gasteiger partial charge in [-0.25, -0.2) is 10.9 Å². The van der Waals surface area contributed by atoms with E-state index in [4.69, 9.17) is 4.52 Å². The lowest BCUT2D eigenvalue weighted by molar-refractivity contribution is -0.140. The van der Waals surface area contributed by atoms with Crippen LogP contribution in [0.3, 0.4) is 0 Å². The van der Waals surface area contributed by atoms with Crippen molar-refractivity contribution in [2.75, 3.05) is 0 Å². The standard InChI is InChI=1S/C14H16N4O3/c1-8-15-11(21-18-8)7-10-12(9-5-3-2-4-6-9)16-17-13(10)14(19)20/h2-6,10,12-13,16-17H,7H2,1H3,(H,19,20). The molecule has 0 radical (unpaired) electrons. The topological polar surface area (TPSA) is 100 Å². The van der Waals surface area contributed by atoms with Gasteiger partial charge in [0.05, 0.1) is 6.04 Å². The van der Waals surface area contributed by atoms with Gasteiger partial charge in [-0.05, 0) is 12.5 Å². The molecule has 21 heavy (non-hydrogen) atoms. The molecule has 1 fully saturated rings. The minimum Gasteiger partial charge on any atom is -0.480 e. The fourth-order valence-electron chi connectivity index (χ4n) is 2.68. The lowest BCUT2D eigenvalue weighted by Crippen LogP contribution is -2.39. The number of rotatable bonds is 4. The third-order valence-electron chi connectivity index (χ3n) is 3.66. The highest BCUT2D eigenvalue weighted by Gasteiger charge is 2.41. The number of carbonyl (C=O) groups is 1. The fraction of sp³-hybridized carbons (Fsp3) is 0.357. The summed E-state index contributed by atoms with van der Waals surface area (Å²) in [7, 11) is 0. The van der Waals surface area contributed by atoms with Crippen molar-refractivity contribution in [3.63, 3.8) is 0 Å².